The van der Waals surface area contributed by atoms with Gasteiger partial charge in [-0.25, -0.2) is 9.37 Å². The highest BCUT2D eigenvalue weighted by Gasteiger charge is 2.30. The van der Waals surface area contributed by atoms with Crippen molar-refractivity contribution in [2.24, 2.45) is 0 Å². The van der Waals surface area contributed by atoms with Crippen LogP contribution in [0.15, 0.2) is 39.5 Å². The van der Waals surface area contributed by atoms with Crippen molar-refractivity contribution in [3.63, 3.8) is 0 Å². The summed E-state index contributed by atoms with van der Waals surface area (Å²) in [4.78, 5) is 17.4. The zero-order valence-corrected chi connectivity index (χ0v) is 15.4. The molecule has 0 radical (unpaired) electrons. The van der Waals surface area contributed by atoms with Crippen LogP contribution in [0.25, 0.3) is 33.1 Å². The van der Waals surface area contributed by atoms with Gasteiger partial charge in [0.1, 0.15) is 5.82 Å². The third-order valence-corrected chi connectivity index (χ3v) is 5.37. The molecule has 4 aromatic rings. The van der Waals surface area contributed by atoms with Crippen LogP contribution >= 0.6 is 0 Å². The fourth-order valence-corrected chi connectivity index (χ4v) is 3.94. The number of hydrogen-bond acceptors (Lipinski definition) is 4. The molecule has 1 aliphatic carbocycles. The Morgan fingerprint density at radius 2 is 1.96 bits per heavy atom. The van der Waals surface area contributed by atoms with Crippen molar-refractivity contribution >= 4 is 22.0 Å². The van der Waals surface area contributed by atoms with Crippen molar-refractivity contribution in [1.29, 1.82) is 5.26 Å². The predicted octanol–water partition coefficient (Wildman–Crippen LogP) is 4.77. The van der Waals surface area contributed by atoms with E-state index in [9.17, 15) is 9.18 Å². The van der Waals surface area contributed by atoms with Crippen molar-refractivity contribution in [2.45, 2.75) is 32.7 Å². The number of hydrogen-bond donors (Lipinski definition) is 0. The number of nitrogens with zero attached hydrogens (tertiary/aromatic N) is 3. The molecule has 1 aliphatic rings. The lowest BCUT2D eigenvalue weighted by molar-refractivity contribution is 0.563. The Balaban J connectivity index is 1.89. The highest BCUT2D eigenvalue weighted by Crippen LogP contribution is 2.40. The number of nitriles is 1. The van der Waals surface area contributed by atoms with Crippen LogP contribution in [-0.4, -0.2) is 9.55 Å². The monoisotopic (exact) mass is 373 g/mol. The van der Waals surface area contributed by atoms with Gasteiger partial charge in [-0.15, -0.1) is 0 Å². The van der Waals surface area contributed by atoms with Crippen molar-refractivity contribution in [3.05, 3.63) is 63.5 Å². The van der Waals surface area contributed by atoms with Crippen LogP contribution in [-0.2, 0) is 0 Å². The van der Waals surface area contributed by atoms with Crippen molar-refractivity contribution in [1.82, 2.24) is 9.55 Å². The lowest BCUT2D eigenvalue weighted by atomic mass is 9.96. The third kappa shape index (κ3) is 2.29. The smallest absolute Gasteiger partial charge is 0.281 e. The molecule has 0 saturated heterocycles. The van der Waals surface area contributed by atoms with Crippen LogP contribution in [0, 0.1) is 31.0 Å². The van der Waals surface area contributed by atoms with E-state index in [1.807, 2.05) is 25.1 Å². The van der Waals surface area contributed by atoms with E-state index in [-0.39, 0.29) is 17.2 Å². The number of aryl methyl sites for hydroxylation is 2. The molecule has 5 rings (SSSR count). The Hall–Kier alpha value is -3.46. The minimum Gasteiger partial charge on any atom is -0.440 e. The number of benzene rings is 2. The lowest BCUT2D eigenvalue weighted by Gasteiger charge is -2.16. The fraction of sp³-hybridized carbons (Fsp3) is 0.227. The lowest BCUT2D eigenvalue weighted by Crippen LogP contribution is -2.20. The molecular formula is C22H16FN3O2. The Morgan fingerprint density at radius 3 is 2.64 bits per heavy atom. The van der Waals surface area contributed by atoms with Gasteiger partial charge in [0.05, 0.1) is 17.1 Å². The van der Waals surface area contributed by atoms with E-state index in [1.54, 1.807) is 23.6 Å². The number of aromatic nitrogens is 2. The zero-order chi connectivity index (χ0) is 19.6. The molecule has 2 aromatic carbocycles. The van der Waals surface area contributed by atoms with Crippen molar-refractivity contribution < 1.29 is 8.81 Å². The molecule has 1 fully saturated rings. The van der Waals surface area contributed by atoms with Gasteiger partial charge in [0, 0.05) is 23.9 Å². The standard InChI is InChI=1S/C22H16FN3O2/c1-11-15(16-6-3-13(10-24)9-18(16)23)7-8-17-20(11)26(14-4-5-14)22(27)19-21(17)28-12(2)25-19/h3,6-9,14H,4-5H2,1-2H3. The molecule has 0 spiro atoms. The maximum absolute atomic E-state index is 14.7. The van der Waals surface area contributed by atoms with E-state index in [0.29, 0.717) is 28.1 Å². The number of fused-ring (bicyclic) bond motifs is 3. The summed E-state index contributed by atoms with van der Waals surface area (Å²) in [6.07, 6.45) is 1.87. The molecule has 0 unspecified atom stereocenters. The van der Waals surface area contributed by atoms with Gasteiger partial charge >= 0.3 is 0 Å². The van der Waals surface area contributed by atoms with Gasteiger partial charge in [-0.3, -0.25) is 4.79 Å². The van der Waals surface area contributed by atoms with E-state index in [1.165, 1.54) is 6.07 Å². The quantitative estimate of drug-likeness (QED) is 0.507. The molecular weight excluding hydrogens is 357 g/mol. The van der Waals surface area contributed by atoms with Crippen LogP contribution in [0.5, 0.6) is 0 Å². The molecule has 2 aromatic heterocycles. The zero-order valence-electron chi connectivity index (χ0n) is 15.4. The Morgan fingerprint density at radius 1 is 1.21 bits per heavy atom. The summed E-state index contributed by atoms with van der Waals surface area (Å²) in [5, 5.41) is 9.79. The van der Waals surface area contributed by atoms with Crippen LogP contribution in [0.4, 0.5) is 4.39 Å². The van der Waals surface area contributed by atoms with Crippen LogP contribution in [0.3, 0.4) is 0 Å². The van der Waals surface area contributed by atoms with Gasteiger partial charge < -0.3 is 8.98 Å². The first-order chi connectivity index (χ1) is 13.5. The Bertz CT molecular complexity index is 1390. The molecule has 0 atom stereocenters. The highest BCUT2D eigenvalue weighted by atomic mass is 19.1. The molecule has 0 amide bonds. The highest BCUT2D eigenvalue weighted by molar-refractivity contribution is 6.04. The molecule has 0 N–H and O–H groups in total. The second-order valence-corrected chi connectivity index (χ2v) is 7.26. The normalized spacial score (nSPS) is 13.9. The molecule has 0 aliphatic heterocycles. The third-order valence-electron chi connectivity index (χ3n) is 5.37. The summed E-state index contributed by atoms with van der Waals surface area (Å²) in [6.45, 7) is 3.61. The van der Waals surface area contributed by atoms with Crippen LogP contribution < -0.4 is 5.56 Å². The van der Waals surface area contributed by atoms with Gasteiger partial charge in [-0.05, 0) is 49.1 Å². The number of oxazole rings is 1. The Labute approximate surface area is 159 Å². The minimum atomic E-state index is -0.460. The number of pyridine rings is 1. The first-order valence-corrected chi connectivity index (χ1v) is 9.14. The van der Waals surface area contributed by atoms with Gasteiger partial charge in [0.25, 0.3) is 5.56 Å². The largest absolute Gasteiger partial charge is 0.440 e. The van der Waals surface area contributed by atoms with E-state index in [0.717, 1.165) is 29.3 Å². The van der Waals surface area contributed by atoms with Gasteiger partial charge in [0.15, 0.2) is 17.0 Å². The molecule has 2 heterocycles. The summed E-state index contributed by atoms with van der Waals surface area (Å²) in [5.74, 6) is -0.0137. The summed E-state index contributed by atoms with van der Waals surface area (Å²) in [5.41, 5.74) is 3.59. The average molecular weight is 373 g/mol. The van der Waals surface area contributed by atoms with E-state index < -0.39 is 5.82 Å². The van der Waals surface area contributed by atoms with Crippen LogP contribution in [0.1, 0.15) is 35.9 Å². The fourth-order valence-electron chi connectivity index (χ4n) is 3.94. The van der Waals surface area contributed by atoms with Crippen molar-refractivity contribution in [3.8, 4) is 17.2 Å². The van der Waals surface area contributed by atoms with Gasteiger partial charge in [-0.2, -0.15) is 5.26 Å². The Kier molecular flexibility index (Phi) is 3.44. The summed E-state index contributed by atoms with van der Waals surface area (Å²) in [7, 11) is 0. The number of halogens is 1. The summed E-state index contributed by atoms with van der Waals surface area (Å²) < 4.78 is 22.2. The molecule has 6 heteroatoms. The maximum Gasteiger partial charge on any atom is 0.281 e. The molecule has 5 nitrogen and oxygen atoms in total. The summed E-state index contributed by atoms with van der Waals surface area (Å²) >= 11 is 0. The van der Waals surface area contributed by atoms with Gasteiger partial charge in [-0.1, -0.05) is 12.1 Å². The second kappa shape index (κ2) is 5.77. The van der Waals surface area contributed by atoms with Gasteiger partial charge in [0.2, 0.25) is 0 Å². The molecule has 28 heavy (non-hydrogen) atoms. The first kappa shape index (κ1) is 16.7. The SMILES string of the molecule is Cc1nc2c(=O)n(C3CC3)c3c(C)c(-c4ccc(C#N)cc4F)ccc3c2o1. The molecule has 1 saturated carbocycles. The predicted molar refractivity (Wildman–Crippen MR) is 104 cm³/mol. The van der Waals surface area contributed by atoms with E-state index >= 15 is 0 Å². The second-order valence-electron chi connectivity index (χ2n) is 7.26. The minimum absolute atomic E-state index is 0.135. The first-order valence-electron chi connectivity index (χ1n) is 9.14. The van der Waals surface area contributed by atoms with E-state index in [4.69, 9.17) is 9.68 Å². The molecule has 0 bridgehead atoms. The van der Waals surface area contributed by atoms with Crippen molar-refractivity contribution in [2.75, 3.05) is 0 Å². The topological polar surface area (TPSA) is 71.8 Å². The molecule has 138 valence electrons. The van der Waals surface area contributed by atoms with Crippen LogP contribution in [0.2, 0.25) is 0 Å². The van der Waals surface area contributed by atoms with E-state index in [2.05, 4.69) is 4.98 Å². The summed E-state index contributed by atoms with van der Waals surface area (Å²) in [6, 6.07) is 10.2. The maximum atomic E-state index is 14.7. The average Bonchev–Trinajstić information content (AvgIpc) is 3.43. The number of rotatable bonds is 2.